The monoisotopic (exact) mass is 325 g/mol. The van der Waals surface area contributed by atoms with E-state index in [1.165, 1.54) is 0 Å². The van der Waals surface area contributed by atoms with Gasteiger partial charge in [0.1, 0.15) is 0 Å². The number of anilines is 1. The molecule has 0 spiro atoms. The van der Waals surface area contributed by atoms with Crippen molar-refractivity contribution >= 4 is 23.2 Å². The van der Waals surface area contributed by atoms with Crippen LogP contribution in [0.5, 0.6) is 0 Å². The summed E-state index contributed by atoms with van der Waals surface area (Å²) in [5, 5.41) is 7.40. The van der Waals surface area contributed by atoms with E-state index in [1.54, 1.807) is 0 Å². The minimum Gasteiger partial charge on any atom is -0.326 e. The number of rotatable bonds is 1. The zero-order chi connectivity index (χ0) is 17.0. The summed E-state index contributed by atoms with van der Waals surface area (Å²) in [6.07, 6.45) is 1.97. The van der Waals surface area contributed by atoms with Crippen LogP contribution < -0.4 is 10.7 Å². The van der Waals surface area contributed by atoms with Crippen molar-refractivity contribution in [1.82, 2.24) is 5.43 Å². The summed E-state index contributed by atoms with van der Waals surface area (Å²) >= 11 is 0. The number of hydrazone groups is 1. The molecule has 3 aliphatic rings. The van der Waals surface area contributed by atoms with Crippen LogP contribution in [0.2, 0.25) is 0 Å². The second-order valence-electron chi connectivity index (χ2n) is 7.49. The molecule has 1 aromatic carbocycles. The first-order valence-electron chi connectivity index (χ1n) is 8.80. The maximum atomic E-state index is 12.3. The molecule has 0 saturated heterocycles. The van der Waals surface area contributed by atoms with E-state index in [0.29, 0.717) is 0 Å². The fraction of sp³-hybridized carbons (Fsp3) is 0.526. The van der Waals surface area contributed by atoms with Crippen LogP contribution >= 0.6 is 0 Å². The first-order valence-corrected chi connectivity index (χ1v) is 8.80. The van der Waals surface area contributed by atoms with Crippen molar-refractivity contribution in [2.24, 2.45) is 28.8 Å². The predicted molar refractivity (Wildman–Crippen MR) is 92.7 cm³/mol. The van der Waals surface area contributed by atoms with E-state index in [-0.39, 0.29) is 41.4 Å². The van der Waals surface area contributed by atoms with E-state index in [2.05, 4.69) is 35.8 Å². The second kappa shape index (κ2) is 5.43. The van der Waals surface area contributed by atoms with Gasteiger partial charge in [-0.1, -0.05) is 26.8 Å². The molecule has 0 bridgehead atoms. The Balaban J connectivity index is 1.74. The van der Waals surface area contributed by atoms with Gasteiger partial charge in [0.25, 0.3) is 0 Å². The zero-order valence-corrected chi connectivity index (χ0v) is 14.3. The molecule has 4 rings (SSSR count). The highest BCUT2D eigenvalue weighted by molar-refractivity contribution is 6.08. The van der Waals surface area contributed by atoms with Crippen molar-refractivity contribution in [3.63, 3.8) is 0 Å². The highest BCUT2D eigenvalue weighted by Gasteiger charge is 2.43. The number of nitrogens with zero attached hydrogens (tertiary/aromatic N) is 1. The van der Waals surface area contributed by atoms with E-state index in [1.807, 2.05) is 19.1 Å². The Morgan fingerprint density at radius 2 is 1.75 bits per heavy atom. The third kappa shape index (κ3) is 2.18. The number of nitrogens with one attached hydrogen (secondary N) is 2. The second-order valence-corrected chi connectivity index (χ2v) is 7.49. The molecule has 1 aliphatic carbocycles. The molecule has 5 atom stereocenters. The molecule has 2 aliphatic heterocycles. The fourth-order valence-electron chi connectivity index (χ4n) is 4.12. The van der Waals surface area contributed by atoms with Crippen molar-refractivity contribution < 1.29 is 9.59 Å². The molecular formula is C19H23N3O2. The summed E-state index contributed by atoms with van der Waals surface area (Å²) in [6, 6.07) is 6.15. The van der Waals surface area contributed by atoms with Crippen molar-refractivity contribution in [1.29, 1.82) is 0 Å². The Morgan fingerprint density at radius 3 is 2.46 bits per heavy atom. The Morgan fingerprint density at radius 1 is 1.00 bits per heavy atom. The van der Waals surface area contributed by atoms with Crippen LogP contribution in [-0.2, 0) is 9.59 Å². The Hall–Kier alpha value is -2.17. The highest BCUT2D eigenvalue weighted by atomic mass is 16.2. The minimum atomic E-state index is -0.0156. The average molecular weight is 325 g/mol. The van der Waals surface area contributed by atoms with E-state index in [9.17, 15) is 9.59 Å². The largest absolute Gasteiger partial charge is 0.326 e. The standard InChI is InChI=1S/C19H23N3O2/c1-9-10(2)15-8-12(4-7-16(15)20-18(23)11(9)3)17-13-5-6-14(13)19(24)22-21-17/h4,7-11,13-14H,5-6H2,1-3H3,(H,20,23)(H,22,24). The quantitative estimate of drug-likeness (QED) is 0.833. The molecule has 0 radical (unpaired) electrons. The molecule has 5 heteroatoms. The van der Waals surface area contributed by atoms with Gasteiger partial charge in [-0.25, -0.2) is 5.43 Å². The Bertz CT molecular complexity index is 755. The van der Waals surface area contributed by atoms with Crippen molar-refractivity contribution in [2.75, 3.05) is 5.32 Å². The van der Waals surface area contributed by atoms with Gasteiger partial charge in [-0.3, -0.25) is 9.59 Å². The van der Waals surface area contributed by atoms with Gasteiger partial charge in [0.05, 0.1) is 5.71 Å². The van der Waals surface area contributed by atoms with E-state index in [4.69, 9.17) is 0 Å². The topological polar surface area (TPSA) is 70.6 Å². The normalized spacial score (nSPS) is 34.8. The van der Waals surface area contributed by atoms with Crippen LogP contribution in [0.15, 0.2) is 23.3 Å². The van der Waals surface area contributed by atoms with Crippen molar-refractivity contribution in [3.8, 4) is 0 Å². The SMILES string of the molecule is CC1C(=O)Nc2ccc(C3=NNC(=O)C4CCC34)cc2C(C)C1C. The first-order chi connectivity index (χ1) is 11.5. The molecule has 2 heterocycles. The van der Waals surface area contributed by atoms with Crippen molar-refractivity contribution in [2.45, 2.75) is 39.5 Å². The molecule has 2 N–H and O–H groups in total. The maximum Gasteiger partial charge on any atom is 0.243 e. The van der Waals surface area contributed by atoms with Crippen LogP contribution in [0, 0.1) is 23.7 Å². The maximum absolute atomic E-state index is 12.3. The van der Waals surface area contributed by atoms with Gasteiger partial charge in [-0.15, -0.1) is 0 Å². The average Bonchev–Trinajstić information content (AvgIpc) is 2.61. The molecule has 1 fully saturated rings. The van der Waals surface area contributed by atoms with Crippen LogP contribution in [0.25, 0.3) is 0 Å². The number of carbonyl (C=O) groups is 2. The lowest BCUT2D eigenvalue weighted by Gasteiger charge is -2.39. The molecule has 2 amide bonds. The molecule has 1 aromatic rings. The smallest absolute Gasteiger partial charge is 0.243 e. The lowest BCUT2D eigenvalue weighted by molar-refractivity contribution is -0.129. The Kier molecular flexibility index (Phi) is 3.48. The summed E-state index contributed by atoms with van der Waals surface area (Å²) in [7, 11) is 0. The molecule has 24 heavy (non-hydrogen) atoms. The third-order valence-electron chi connectivity index (χ3n) is 6.34. The van der Waals surface area contributed by atoms with Crippen LogP contribution in [-0.4, -0.2) is 17.5 Å². The number of carbonyl (C=O) groups excluding carboxylic acids is 2. The van der Waals surface area contributed by atoms with Gasteiger partial charge in [0, 0.05) is 23.4 Å². The van der Waals surface area contributed by atoms with Crippen LogP contribution in [0.1, 0.15) is 50.7 Å². The first kappa shape index (κ1) is 15.4. The highest BCUT2D eigenvalue weighted by Crippen LogP contribution is 2.42. The molecule has 5 unspecified atom stereocenters. The van der Waals surface area contributed by atoms with Crippen LogP contribution in [0.3, 0.4) is 0 Å². The zero-order valence-electron chi connectivity index (χ0n) is 14.3. The van der Waals surface area contributed by atoms with E-state index in [0.717, 1.165) is 35.4 Å². The van der Waals surface area contributed by atoms with Crippen LogP contribution in [0.4, 0.5) is 5.69 Å². The van der Waals surface area contributed by atoms with Gasteiger partial charge >= 0.3 is 0 Å². The van der Waals surface area contributed by atoms with Crippen molar-refractivity contribution in [3.05, 3.63) is 29.3 Å². The molecule has 126 valence electrons. The van der Waals surface area contributed by atoms with Gasteiger partial charge in [-0.05, 0) is 47.9 Å². The molecule has 0 aromatic heterocycles. The summed E-state index contributed by atoms with van der Waals surface area (Å²) in [5.74, 6) is 0.986. The lowest BCUT2D eigenvalue weighted by Crippen LogP contribution is -2.47. The van der Waals surface area contributed by atoms with Gasteiger partial charge in [0.2, 0.25) is 11.8 Å². The number of fused-ring (bicyclic) bond motifs is 2. The fourth-order valence-corrected chi connectivity index (χ4v) is 4.12. The lowest BCUT2D eigenvalue weighted by atomic mass is 9.68. The molecular weight excluding hydrogens is 302 g/mol. The Labute approximate surface area is 141 Å². The van der Waals surface area contributed by atoms with Gasteiger partial charge in [-0.2, -0.15) is 5.10 Å². The number of hydrogen-bond donors (Lipinski definition) is 2. The van der Waals surface area contributed by atoms with E-state index < -0.39 is 0 Å². The van der Waals surface area contributed by atoms with Gasteiger partial charge in [0.15, 0.2) is 0 Å². The third-order valence-corrected chi connectivity index (χ3v) is 6.34. The summed E-state index contributed by atoms with van der Waals surface area (Å²) in [6.45, 7) is 6.31. The number of hydrogen-bond acceptors (Lipinski definition) is 3. The molecule has 1 saturated carbocycles. The molecule has 5 nitrogen and oxygen atoms in total. The minimum absolute atomic E-state index is 0.0156. The number of benzene rings is 1. The summed E-state index contributed by atoms with van der Waals surface area (Å²) in [4.78, 5) is 24.1. The summed E-state index contributed by atoms with van der Waals surface area (Å²) < 4.78 is 0. The van der Waals surface area contributed by atoms with Gasteiger partial charge < -0.3 is 5.32 Å². The summed E-state index contributed by atoms with van der Waals surface area (Å²) in [5.41, 5.74) is 6.77. The number of amides is 2. The predicted octanol–water partition coefficient (Wildman–Crippen LogP) is 2.87. The van der Waals surface area contributed by atoms with E-state index >= 15 is 0 Å².